The summed E-state index contributed by atoms with van der Waals surface area (Å²) in [5, 5.41) is 5.02. The Morgan fingerprint density at radius 3 is 2.66 bits per heavy atom. The number of carbonyl (C=O) groups excluding carboxylic acids is 2. The Morgan fingerprint density at radius 1 is 1.18 bits per heavy atom. The minimum atomic E-state index is -2.86. The van der Waals surface area contributed by atoms with E-state index in [-0.39, 0.29) is 28.5 Å². The van der Waals surface area contributed by atoms with Gasteiger partial charge in [-0.15, -0.1) is 11.3 Å². The van der Waals surface area contributed by atoms with E-state index in [9.17, 15) is 18.4 Å². The number of amides is 2. The number of carbonyl (C=O) groups is 2. The van der Waals surface area contributed by atoms with Gasteiger partial charge in [0.05, 0.1) is 16.1 Å². The highest BCUT2D eigenvalue weighted by Crippen LogP contribution is 2.49. The van der Waals surface area contributed by atoms with Crippen LogP contribution in [0.5, 0.6) is 0 Å². The van der Waals surface area contributed by atoms with Crippen LogP contribution in [0.3, 0.4) is 0 Å². The predicted molar refractivity (Wildman–Crippen MR) is 142 cm³/mol. The molecule has 2 aliphatic heterocycles. The van der Waals surface area contributed by atoms with Crippen molar-refractivity contribution in [2.75, 3.05) is 29.4 Å². The minimum absolute atomic E-state index is 0.130. The second kappa shape index (κ2) is 9.89. The molecule has 2 fully saturated rings. The zero-order valence-electron chi connectivity index (χ0n) is 20.4. The lowest BCUT2D eigenvalue weighted by atomic mass is 9.74. The van der Waals surface area contributed by atoms with Gasteiger partial charge in [0.15, 0.2) is 0 Å². The summed E-state index contributed by atoms with van der Waals surface area (Å²) >= 11 is 7.45. The molecule has 1 aliphatic carbocycles. The van der Waals surface area contributed by atoms with Crippen molar-refractivity contribution in [3.05, 3.63) is 69.3 Å². The van der Waals surface area contributed by atoms with Crippen molar-refractivity contribution < 1.29 is 18.4 Å². The first kappa shape index (κ1) is 25.2. The van der Waals surface area contributed by atoms with Crippen LogP contribution in [0.25, 0.3) is 0 Å². The lowest BCUT2D eigenvalue weighted by molar-refractivity contribution is -0.124. The van der Waals surface area contributed by atoms with Gasteiger partial charge in [0.2, 0.25) is 5.91 Å². The number of hydrogen-bond donors (Lipinski definition) is 1. The van der Waals surface area contributed by atoms with Gasteiger partial charge in [-0.3, -0.25) is 14.6 Å². The molecule has 2 amide bonds. The molecule has 1 N–H and O–H groups in total. The van der Waals surface area contributed by atoms with E-state index < -0.39 is 23.4 Å². The third-order valence-corrected chi connectivity index (χ3v) is 8.77. The molecule has 2 aromatic heterocycles. The van der Waals surface area contributed by atoms with E-state index in [0.717, 1.165) is 36.1 Å². The number of hydrogen-bond acceptors (Lipinski definition) is 6. The van der Waals surface area contributed by atoms with Crippen LogP contribution in [0.1, 0.15) is 53.7 Å². The third-order valence-electron chi connectivity index (χ3n) is 7.99. The first-order valence-electron chi connectivity index (χ1n) is 12.6. The highest BCUT2D eigenvalue weighted by atomic mass is 35.5. The first-order valence-corrected chi connectivity index (χ1v) is 14.0. The first-order chi connectivity index (χ1) is 18.4. The summed E-state index contributed by atoms with van der Waals surface area (Å²) in [6.45, 7) is 1.88. The lowest BCUT2D eigenvalue weighted by Gasteiger charge is -2.47. The molecular formula is C27H26ClF2N5O2S. The molecule has 3 aliphatic rings. The number of halogens is 3. The second-order valence-electron chi connectivity index (χ2n) is 10.3. The zero-order chi connectivity index (χ0) is 26.4. The van der Waals surface area contributed by atoms with Crippen LogP contribution >= 0.6 is 22.9 Å². The molecule has 3 aromatic rings. The number of benzene rings is 1. The molecule has 198 valence electrons. The molecule has 7 nitrogen and oxygen atoms in total. The number of alkyl halides is 2. The largest absolute Gasteiger partial charge is 0.353 e. The van der Waals surface area contributed by atoms with Crippen LogP contribution in [-0.4, -0.2) is 47.5 Å². The maximum absolute atomic E-state index is 13.8. The Labute approximate surface area is 227 Å². The molecular weight excluding hydrogens is 532 g/mol. The molecule has 38 heavy (non-hydrogen) atoms. The Kier molecular flexibility index (Phi) is 6.55. The molecule has 4 heterocycles. The number of para-hydroxylation sites is 1. The van der Waals surface area contributed by atoms with Crippen molar-refractivity contribution in [2.24, 2.45) is 5.92 Å². The summed E-state index contributed by atoms with van der Waals surface area (Å²) in [7, 11) is 0. The van der Waals surface area contributed by atoms with E-state index in [0.29, 0.717) is 32.5 Å². The summed E-state index contributed by atoms with van der Waals surface area (Å²) in [4.78, 5) is 38.7. The number of fused-ring (bicyclic) bond motifs is 2. The van der Waals surface area contributed by atoms with Gasteiger partial charge in [0, 0.05) is 42.9 Å². The van der Waals surface area contributed by atoms with Crippen molar-refractivity contribution in [3.8, 4) is 0 Å². The molecule has 6 rings (SSSR count). The van der Waals surface area contributed by atoms with E-state index in [1.807, 2.05) is 28.5 Å². The zero-order valence-corrected chi connectivity index (χ0v) is 22.0. The van der Waals surface area contributed by atoms with Gasteiger partial charge in [-0.1, -0.05) is 29.8 Å². The number of aromatic nitrogens is 2. The van der Waals surface area contributed by atoms with Crippen LogP contribution in [0.4, 0.5) is 20.3 Å². The fourth-order valence-electron chi connectivity index (χ4n) is 6.03. The molecule has 0 bridgehead atoms. The number of thiazole rings is 1. The van der Waals surface area contributed by atoms with Gasteiger partial charge < -0.3 is 15.1 Å². The molecule has 0 atom stereocenters. The quantitative estimate of drug-likeness (QED) is 0.449. The van der Waals surface area contributed by atoms with Crippen LogP contribution in [0, 0.1) is 5.92 Å². The normalized spacial score (nSPS) is 22.1. The van der Waals surface area contributed by atoms with E-state index in [1.54, 1.807) is 16.8 Å². The van der Waals surface area contributed by atoms with Gasteiger partial charge in [0.1, 0.15) is 16.9 Å². The number of anilines is 2. The van der Waals surface area contributed by atoms with Gasteiger partial charge in [-0.25, -0.2) is 13.8 Å². The van der Waals surface area contributed by atoms with Crippen LogP contribution in [0.15, 0.2) is 47.4 Å². The molecule has 1 saturated heterocycles. The van der Waals surface area contributed by atoms with Crippen molar-refractivity contribution in [1.29, 1.82) is 0 Å². The van der Waals surface area contributed by atoms with Gasteiger partial charge in [0.25, 0.3) is 12.3 Å². The SMILES string of the molecule is O=C(N[C@H]1CC[C@H](CN2C(=O)C3(CN(c4cscn4)C3)c3ccccc32)CC1)c1cc(Cl)cnc1C(F)F. The fourth-order valence-corrected chi connectivity index (χ4v) is 6.75. The summed E-state index contributed by atoms with van der Waals surface area (Å²) < 4.78 is 26.7. The maximum atomic E-state index is 13.8. The molecule has 1 saturated carbocycles. The van der Waals surface area contributed by atoms with Gasteiger partial charge >= 0.3 is 0 Å². The summed E-state index contributed by atoms with van der Waals surface area (Å²) in [5.74, 6) is 0.765. The number of nitrogens with one attached hydrogen (secondary N) is 1. The van der Waals surface area contributed by atoms with Crippen molar-refractivity contribution >= 4 is 46.3 Å². The smallest absolute Gasteiger partial charge is 0.281 e. The Hall–Kier alpha value is -3.11. The van der Waals surface area contributed by atoms with Crippen molar-refractivity contribution in [3.63, 3.8) is 0 Å². The molecule has 0 unspecified atom stereocenters. The highest BCUT2D eigenvalue weighted by molar-refractivity contribution is 7.07. The number of pyridine rings is 1. The molecule has 0 radical (unpaired) electrons. The van der Waals surface area contributed by atoms with E-state index >= 15 is 0 Å². The van der Waals surface area contributed by atoms with Crippen molar-refractivity contribution in [1.82, 2.24) is 15.3 Å². The maximum Gasteiger partial charge on any atom is 0.281 e. The van der Waals surface area contributed by atoms with Gasteiger partial charge in [-0.2, -0.15) is 0 Å². The molecule has 1 spiro atoms. The van der Waals surface area contributed by atoms with Crippen LogP contribution in [-0.2, 0) is 10.2 Å². The fraction of sp³-hybridized carbons (Fsp3) is 0.407. The predicted octanol–water partition coefficient (Wildman–Crippen LogP) is 5.22. The molecule has 1 aromatic carbocycles. The Morgan fingerprint density at radius 2 is 1.95 bits per heavy atom. The van der Waals surface area contributed by atoms with E-state index in [2.05, 4.69) is 26.3 Å². The number of rotatable bonds is 6. The topological polar surface area (TPSA) is 78.4 Å². The lowest BCUT2D eigenvalue weighted by Crippen LogP contribution is -2.64. The standard InChI is InChI=1S/C27H26ClF2N5O2S/c28-17-9-19(23(24(29)30)31-10-17)25(36)33-18-7-5-16(6-8-18)11-35-21-4-2-1-3-20(21)27(26(35)37)13-34(14-27)22-12-38-15-32-22/h1-4,9-10,12,15-16,18,24H,5-8,11,13-14H2,(H,33,36)/t16-,18-. The average molecular weight is 558 g/mol. The second-order valence-corrected chi connectivity index (χ2v) is 11.5. The van der Waals surface area contributed by atoms with E-state index in [4.69, 9.17) is 11.6 Å². The summed E-state index contributed by atoms with van der Waals surface area (Å²) in [5.41, 5.74) is 2.59. The average Bonchev–Trinajstić information content (AvgIpc) is 3.49. The van der Waals surface area contributed by atoms with Crippen LogP contribution < -0.4 is 15.1 Å². The van der Waals surface area contributed by atoms with Crippen molar-refractivity contribution in [2.45, 2.75) is 43.6 Å². The monoisotopic (exact) mass is 557 g/mol. The third kappa shape index (κ3) is 4.33. The van der Waals surface area contributed by atoms with E-state index in [1.165, 1.54) is 6.07 Å². The summed E-state index contributed by atoms with van der Waals surface area (Å²) in [6.07, 6.45) is 1.32. The summed E-state index contributed by atoms with van der Waals surface area (Å²) in [6, 6.07) is 9.16. The Bertz CT molecular complexity index is 1360. The van der Waals surface area contributed by atoms with Crippen LogP contribution in [0.2, 0.25) is 5.02 Å². The highest BCUT2D eigenvalue weighted by Gasteiger charge is 2.58. The van der Waals surface area contributed by atoms with Gasteiger partial charge in [-0.05, 0) is 49.3 Å². The molecule has 11 heteroatoms. The minimum Gasteiger partial charge on any atom is -0.353 e. The Balaban J connectivity index is 1.09. The number of nitrogens with zero attached hydrogens (tertiary/aromatic N) is 4.